The zero-order valence-electron chi connectivity index (χ0n) is 15.7. The van der Waals surface area contributed by atoms with E-state index < -0.39 is 18.0 Å². The molecule has 0 saturated carbocycles. The molecular formula is C18H28FmN3O4-. The van der Waals surface area contributed by atoms with Gasteiger partial charge in [-0.3, -0.25) is 9.59 Å². The van der Waals surface area contributed by atoms with E-state index in [0.29, 0.717) is 5.69 Å². The summed E-state index contributed by atoms with van der Waals surface area (Å²) in [6.07, 6.45) is 1.50. The van der Waals surface area contributed by atoms with E-state index in [4.69, 9.17) is 5.11 Å². The topological polar surface area (TPSA) is 108 Å². The van der Waals surface area contributed by atoms with Crippen molar-refractivity contribution in [1.29, 1.82) is 0 Å². The minimum Gasteiger partial charge on any atom is -0.520 e. The van der Waals surface area contributed by atoms with Gasteiger partial charge in [0.1, 0.15) is 6.04 Å². The molecule has 4 N–H and O–H groups in total. The van der Waals surface area contributed by atoms with Crippen molar-refractivity contribution < 1.29 is 19.5 Å². The maximum absolute atomic E-state index is 12.1. The number of aliphatic hydroxyl groups is 1. The third-order valence-electron chi connectivity index (χ3n) is 3.32. The van der Waals surface area contributed by atoms with Crippen molar-refractivity contribution in [1.82, 2.24) is 10.6 Å². The summed E-state index contributed by atoms with van der Waals surface area (Å²) >= 11 is 0. The maximum Gasteiger partial charge on any atom is 0.246 e. The Labute approximate surface area is 149 Å². The van der Waals surface area contributed by atoms with Gasteiger partial charge in [-0.15, -0.1) is 0 Å². The first-order valence-corrected chi connectivity index (χ1v) is 8.32. The van der Waals surface area contributed by atoms with Crippen LogP contribution >= 0.6 is 0 Å². The number of carbonyl (C=O) groups excluding carboxylic acids is 3. The third kappa shape index (κ3) is 7.92. The molecule has 0 aliphatic rings. The van der Waals surface area contributed by atoms with Gasteiger partial charge in [0.25, 0.3) is 0 Å². The van der Waals surface area contributed by atoms with Gasteiger partial charge in [0.15, 0.2) is 0 Å². The molecule has 1 aromatic rings. The molecular weight excluding hydrogens is 579 g/mol. The van der Waals surface area contributed by atoms with E-state index in [9.17, 15) is 14.4 Å². The predicted octanol–water partition coefficient (Wildman–Crippen LogP) is 1.33. The summed E-state index contributed by atoms with van der Waals surface area (Å²) in [4.78, 5) is 34.6. The fourth-order valence-electron chi connectivity index (χ4n) is 1.91. The summed E-state index contributed by atoms with van der Waals surface area (Å²) < 4.78 is 0. The molecule has 0 fully saturated rings. The normalized spacial score (nSPS) is 11.8. The molecule has 8 heteroatoms. The Morgan fingerprint density at radius 3 is 2.04 bits per heavy atom. The molecule has 1 rings (SSSR count). The molecule has 0 saturated heterocycles. The Morgan fingerprint density at radius 2 is 1.62 bits per heavy atom. The molecule has 1 aromatic carbocycles. The fourth-order valence-corrected chi connectivity index (χ4v) is 1.91. The smallest absolute Gasteiger partial charge is 0.246 e. The second-order valence-electron chi connectivity index (χ2n) is 5.54. The maximum atomic E-state index is 12.1. The molecule has 0 radical (unpaired) electrons. The quantitative estimate of drug-likeness (QED) is 0.265. The molecule has 26 heavy (non-hydrogen) atoms. The van der Waals surface area contributed by atoms with E-state index in [1.807, 2.05) is 13.8 Å². The number of carbonyl (C=O) groups is 2. The minimum absolute atomic E-state index is 0. The van der Waals surface area contributed by atoms with Crippen LogP contribution in [0.2, 0.25) is 0 Å². The average Bonchev–Trinajstić information content (AvgIpc) is 2.61. The van der Waals surface area contributed by atoms with Crippen LogP contribution in [0.3, 0.4) is 0 Å². The van der Waals surface area contributed by atoms with Gasteiger partial charge in [-0.05, 0) is 30.5 Å². The van der Waals surface area contributed by atoms with Crippen molar-refractivity contribution in [2.45, 2.75) is 53.3 Å². The van der Waals surface area contributed by atoms with Crippen LogP contribution in [0.15, 0.2) is 24.3 Å². The first kappa shape index (κ1) is 24.8. The first-order chi connectivity index (χ1) is 11.9. The van der Waals surface area contributed by atoms with E-state index in [0.717, 1.165) is 5.56 Å². The van der Waals surface area contributed by atoms with Gasteiger partial charge in [-0.25, -0.2) is 0 Å². The van der Waals surface area contributed by atoms with E-state index >= 15 is 0 Å². The Morgan fingerprint density at radius 1 is 1.08 bits per heavy atom. The van der Waals surface area contributed by atoms with Gasteiger partial charge in [-0.2, -0.15) is 6.41 Å². The number of benzene rings is 1. The van der Waals surface area contributed by atoms with Crippen molar-refractivity contribution in [3.8, 4) is 0 Å². The first-order valence-electron chi connectivity index (χ1n) is 8.32. The molecule has 3 amide bonds. The minimum atomic E-state index is -0.769. The Balaban J connectivity index is 0. The van der Waals surface area contributed by atoms with Crippen molar-refractivity contribution in [3.05, 3.63) is 29.8 Å². The average molecular weight is 607 g/mol. The summed E-state index contributed by atoms with van der Waals surface area (Å²) in [7, 11) is 0. The number of anilines is 1. The summed E-state index contributed by atoms with van der Waals surface area (Å²) in [5, 5.41) is 16.5. The standard InChI is InChI=1S/C16H22N3O4.C2H6.Fm/c1-10(2)14(17-9-21)16(23)18-11(3)15(22)19-13-6-4-12(8-20)5-7-13;1-2;/h4-7,10-11,14,20H,8H2,1-3H3,(H,17,21)(H,18,23)(H,19,22);1-2H3;/q-1;;/t11-,14?;;/m0../s1. The van der Waals surface area contributed by atoms with Crippen LogP contribution in [-0.4, -0.2) is 35.4 Å². The molecule has 0 aliphatic heterocycles. The Kier molecular flexibility index (Phi) is 12.4. The van der Waals surface area contributed by atoms with Gasteiger partial charge < -0.3 is 25.9 Å². The number of nitrogens with one attached hydrogen (secondary N) is 3. The summed E-state index contributed by atoms with van der Waals surface area (Å²) in [5.41, 5.74) is 1.30. The molecule has 152 valence electrons. The number of aliphatic hydroxyl groups excluding tert-OH is 1. The van der Waals surface area contributed by atoms with Crippen LogP contribution < -0.4 is 16.0 Å². The molecule has 0 heterocycles. The van der Waals surface area contributed by atoms with Gasteiger partial charge in [0.05, 0.1) is 12.6 Å². The van der Waals surface area contributed by atoms with Gasteiger partial charge in [0.2, 0.25) is 11.8 Å². The fraction of sp³-hybridized carbons (Fsp3) is 0.500. The molecule has 2 atom stereocenters. The molecule has 0 bridgehead atoms. The van der Waals surface area contributed by atoms with Crippen molar-refractivity contribution >= 4 is 23.9 Å². The zero-order valence-corrected chi connectivity index (χ0v) is 18.1. The van der Waals surface area contributed by atoms with E-state index in [1.165, 1.54) is 6.41 Å². The monoisotopic (exact) mass is 607 g/mol. The van der Waals surface area contributed by atoms with Crippen molar-refractivity contribution in [2.75, 3.05) is 5.32 Å². The number of rotatable bonds is 8. The number of hydrogen-bond acceptors (Lipinski definition) is 4. The summed E-state index contributed by atoms with van der Waals surface area (Å²) in [6, 6.07) is 5.20. The van der Waals surface area contributed by atoms with Crippen LogP contribution in [0.1, 0.15) is 40.2 Å². The second-order valence-corrected chi connectivity index (χ2v) is 5.54. The predicted molar refractivity (Wildman–Crippen MR) is 97.4 cm³/mol. The van der Waals surface area contributed by atoms with Gasteiger partial charge >= 0.3 is 0 Å². The van der Waals surface area contributed by atoms with Crippen molar-refractivity contribution in [2.24, 2.45) is 5.92 Å². The van der Waals surface area contributed by atoms with Crippen LogP contribution in [-0.2, 0) is 21.0 Å². The third-order valence-corrected chi connectivity index (χ3v) is 3.32. The molecule has 1 unspecified atom stereocenters. The van der Waals surface area contributed by atoms with Gasteiger partial charge in [0, 0.05) is 5.69 Å². The largest absolute Gasteiger partial charge is 0.520 e. The van der Waals surface area contributed by atoms with Gasteiger partial charge in [-0.1, -0.05) is 39.8 Å². The molecule has 0 aliphatic carbocycles. The summed E-state index contributed by atoms with van der Waals surface area (Å²) in [6.45, 7) is 9.04. The van der Waals surface area contributed by atoms with Crippen LogP contribution in [0, 0.1) is 5.92 Å². The SMILES string of the molecule is CC.CC(C)C(N[C-]=O)C(=O)N[C@@H](C)C(=O)Nc1ccc(CO)cc1.[Fm]. The van der Waals surface area contributed by atoms with Crippen molar-refractivity contribution in [3.63, 3.8) is 0 Å². The molecule has 7 nitrogen and oxygen atoms in total. The molecule has 0 aromatic heterocycles. The van der Waals surface area contributed by atoms with E-state index in [2.05, 4.69) is 16.0 Å². The summed E-state index contributed by atoms with van der Waals surface area (Å²) in [5.74, 6) is -0.952. The molecule has 0 spiro atoms. The number of amides is 3. The van der Waals surface area contributed by atoms with Crippen LogP contribution in [0.25, 0.3) is 0 Å². The second kappa shape index (κ2) is 12.9. The Bertz CT molecular complexity index is 550. The van der Waals surface area contributed by atoms with Crippen LogP contribution in [0.5, 0.6) is 0 Å². The van der Waals surface area contributed by atoms with E-state index in [-0.39, 0.29) is 18.4 Å². The Hall–Kier alpha value is -3.41. The van der Waals surface area contributed by atoms with Crippen LogP contribution in [0.4, 0.5) is 5.69 Å². The number of hydrogen-bond donors (Lipinski definition) is 4. The zero-order chi connectivity index (χ0) is 19.4. The van der Waals surface area contributed by atoms with E-state index in [1.54, 1.807) is 45.0 Å².